The molecule has 0 fully saturated rings. The Labute approximate surface area is 102 Å². The highest BCUT2D eigenvalue weighted by Crippen LogP contribution is 2.05. The first-order chi connectivity index (χ1) is 8.25. The molecule has 0 atom stereocenters. The highest BCUT2D eigenvalue weighted by molar-refractivity contribution is 7.07. The Hall–Kier alpha value is -1.95. The molecule has 0 aromatic carbocycles. The van der Waals surface area contributed by atoms with E-state index in [1.165, 1.54) is 17.7 Å². The van der Waals surface area contributed by atoms with E-state index in [9.17, 15) is 9.59 Å². The molecule has 5 nitrogen and oxygen atoms in total. The number of nitrogens with zero attached hydrogens (tertiary/aromatic N) is 1. The SMILES string of the molecule is O=C(NCCc1ccsc1)c1ccc(=O)[nH]n1. The lowest BCUT2D eigenvalue weighted by Crippen LogP contribution is -2.27. The Morgan fingerprint density at radius 3 is 2.94 bits per heavy atom. The number of amides is 1. The highest BCUT2D eigenvalue weighted by Gasteiger charge is 2.06. The van der Waals surface area contributed by atoms with Crippen LogP contribution in [0, 0.1) is 0 Å². The minimum Gasteiger partial charge on any atom is -0.350 e. The van der Waals surface area contributed by atoms with Crippen LogP contribution in [0.3, 0.4) is 0 Å². The molecule has 6 heteroatoms. The largest absolute Gasteiger partial charge is 0.350 e. The summed E-state index contributed by atoms with van der Waals surface area (Å²) in [7, 11) is 0. The van der Waals surface area contributed by atoms with E-state index < -0.39 is 0 Å². The van der Waals surface area contributed by atoms with Crippen LogP contribution in [0.2, 0.25) is 0 Å². The van der Waals surface area contributed by atoms with Gasteiger partial charge in [0.15, 0.2) is 0 Å². The van der Waals surface area contributed by atoms with Crippen molar-refractivity contribution in [1.29, 1.82) is 0 Å². The first-order valence-electron chi connectivity index (χ1n) is 5.11. The van der Waals surface area contributed by atoms with Gasteiger partial charge in [0.05, 0.1) is 0 Å². The van der Waals surface area contributed by atoms with Gasteiger partial charge in [-0.2, -0.15) is 16.4 Å². The van der Waals surface area contributed by atoms with E-state index in [4.69, 9.17) is 0 Å². The maximum absolute atomic E-state index is 11.6. The molecule has 0 spiro atoms. The predicted octanol–water partition coefficient (Wildman–Crippen LogP) is 0.804. The van der Waals surface area contributed by atoms with E-state index >= 15 is 0 Å². The van der Waals surface area contributed by atoms with Crippen LogP contribution in [0.15, 0.2) is 33.8 Å². The molecule has 0 bridgehead atoms. The molecule has 0 aliphatic carbocycles. The van der Waals surface area contributed by atoms with Gasteiger partial charge in [-0.25, -0.2) is 5.10 Å². The summed E-state index contributed by atoms with van der Waals surface area (Å²) in [6.45, 7) is 0.552. The fourth-order valence-electron chi connectivity index (χ4n) is 1.32. The van der Waals surface area contributed by atoms with Crippen LogP contribution in [0.4, 0.5) is 0 Å². The van der Waals surface area contributed by atoms with Crippen molar-refractivity contribution >= 4 is 17.2 Å². The van der Waals surface area contributed by atoms with Gasteiger partial charge in [0, 0.05) is 12.6 Å². The second-order valence-electron chi connectivity index (χ2n) is 3.44. The Balaban J connectivity index is 1.85. The van der Waals surface area contributed by atoms with Gasteiger partial charge in [-0.1, -0.05) is 0 Å². The van der Waals surface area contributed by atoms with Gasteiger partial charge >= 0.3 is 0 Å². The summed E-state index contributed by atoms with van der Waals surface area (Å²) in [6, 6.07) is 4.70. The second-order valence-corrected chi connectivity index (χ2v) is 4.22. The van der Waals surface area contributed by atoms with Crippen LogP contribution in [0.25, 0.3) is 0 Å². The molecular weight excluding hydrogens is 238 g/mol. The highest BCUT2D eigenvalue weighted by atomic mass is 32.1. The lowest BCUT2D eigenvalue weighted by atomic mass is 10.2. The van der Waals surface area contributed by atoms with Gasteiger partial charge in [-0.3, -0.25) is 9.59 Å². The first kappa shape index (κ1) is 11.5. The third-order valence-corrected chi connectivity index (χ3v) is 2.92. The fourth-order valence-corrected chi connectivity index (χ4v) is 2.02. The number of nitrogens with one attached hydrogen (secondary N) is 2. The van der Waals surface area contributed by atoms with Crippen molar-refractivity contribution in [2.75, 3.05) is 6.54 Å². The zero-order chi connectivity index (χ0) is 12.1. The molecule has 88 valence electrons. The number of rotatable bonds is 4. The van der Waals surface area contributed by atoms with Gasteiger partial charge in [-0.05, 0) is 34.9 Å². The molecule has 0 unspecified atom stereocenters. The number of hydrogen-bond donors (Lipinski definition) is 2. The van der Waals surface area contributed by atoms with E-state index in [2.05, 4.69) is 15.5 Å². The predicted molar refractivity (Wildman–Crippen MR) is 65.2 cm³/mol. The zero-order valence-electron chi connectivity index (χ0n) is 8.97. The molecule has 0 saturated heterocycles. The van der Waals surface area contributed by atoms with Gasteiger partial charge in [0.2, 0.25) is 0 Å². The van der Waals surface area contributed by atoms with Gasteiger partial charge < -0.3 is 5.32 Å². The number of thiophene rings is 1. The molecule has 2 aromatic heterocycles. The van der Waals surface area contributed by atoms with Crippen LogP contribution < -0.4 is 10.9 Å². The molecular formula is C11H11N3O2S. The van der Waals surface area contributed by atoms with Gasteiger partial charge in [0.1, 0.15) is 5.69 Å². The number of carbonyl (C=O) groups is 1. The van der Waals surface area contributed by atoms with Crippen LogP contribution in [0.1, 0.15) is 16.1 Å². The monoisotopic (exact) mass is 249 g/mol. The smallest absolute Gasteiger partial charge is 0.271 e. The van der Waals surface area contributed by atoms with E-state index in [0.717, 1.165) is 6.42 Å². The Morgan fingerprint density at radius 2 is 2.29 bits per heavy atom. The Morgan fingerprint density at radius 1 is 1.41 bits per heavy atom. The van der Waals surface area contributed by atoms with Crippen molar-refractivity contribution in [3.63, 3.8) is 0 Å². The number of H-pyrrole nitrogens is 1. The Bertz CT molecular complexity index is 528. The minimum absolute atomic E-state index is 0.218. The average Bonchev–Trinajstić information content (AvgIpc) is 2.83. The molecule has 0 saturated carbocycles. The summed E-state index contributed by atoms with van der Waals surface area (Å²) in [5.74, 6) is -0.281. The van der Waals surface area contributed by atoms with Gasteiger partial charge in [0.25, 0.3) is 11.5 Å². The van der Waals surface area contributed by atoms with Crippen LogP contribution >= 0.6 is 11.3 Å². The first-order valence-corrected chi connectivity index (χ1v) is 6.05. The zero-order valence-corrected chi connectivity index (χ0v) is 9.79. The number of carbonyl (C=O) groups excluding carboxylic acids is 1. The normalized spacial score (nSPS) is 10.1. The van der Waals surface area contributed by atoms with Crippen molar-refractivity contribution in [3.8, 4) is 0 Å². The van der Waals surface area contributed by atoms with Crippen molar-refractivity contribution in [2.24, 2.45) is 0 Å². The molecule has 17 heavy (non-hydrogen) atoms. The van der Waals surface area contributed by atoms with E-state index in [1.54, 1.807) is 11.3 Å². The summed E-state index contributed by atoms with van der Waals surface area (Å²) >= 11 is 1.63. The molecule has 0 aliphatic heterocycles. The number of aromatic nitrogens is 2. The second kappa shape index (κ2) is 5.40. The summed E-state index contributed by atoms with van der Waals surface area (Å²) in [6.07, 6.45) is 0.790. The fraction of sp³-hybridized carbons (Fsp3) is 0.182. The summed E-state index contributed by atoms with van der Waals surface area (Å²) in [5.41, 5.74) is 1.10. The van der Waals surface area contributed by atoms with E-state index in [-0.39, 0.29) is 17.2 Å². The number of hydrogen-bond acceptors (Lipinski definition) is 4. The Kier molecular flexibility index (Phi) is 3.66. The quantitative estimate of drug-likeness (QED) is 0.841. The molecule has 2 aromatic rings. The molecule has 1 amide bonds. The maximum atomic E-state index is 11.6. The lowest BCUT2D eigenvalue weighted by molar-refractivity contribution is 0.0948. The summed E-state index contributed by atoms with van der Waals surface area (Å²) < 4.78 is 0. The third-order valence-electron chi connectivity index (χ3n) is 2.19. The van der Waals surface area contributed by atoms with Crippen LogP contribution in [-0.4, -0.2) is 22.6 Å². The summed E-state index contributed by atoms with van der Waals surface area (Å²) in [5, 5.41) is 12.7. The van der Waals surface area contributed by atoms with E-state index in [1.807, 2.05) is 16.8 Å². The number of aromatic amines is 1. The van der Waals surface area contributed by atoms with Crippen molar-refractivity contribution in [1.82, 2.24) is 15.5 Å². The molecule has 2 rings (SSSR count). The van der Waals surface area contributed by atoms with Crippen molar-refractivity contribution < 1.29 is 4.79 Å². The maximum Gasteiger partial charge on any atom is 0.271 e. The standard InChI is InChI=1S/C11H11N3O2S/c15-10-2-1-9(13-14-10)11(16)12-5-3-8-4-6-17-7-8/h1-2,4,6-7H,3,5H2,(H,12,16)(H,14,15). The van der Waals surface area contributed by atoms with E-state index in [0.29, 0.717) is 6.54 Å². The summed E-state index contributed by atoms with van der Waals surface area (Å²) in [4.78, 5) is 22.4. The molecule has 2 N–H and O–H groups in total. The molecule has 2 heterocycles. The molecule has 0 radical (unpaired) electrons. The molecule has 0 aliphatic rings. The topological polar surface area (TPSA) is 74.8 Å². The minimum atomic E-state index is -0.320. The van der Waals surface area contributed by atoms with Crippen molar-refractivity contribution in [2.45, 2.75) is 6.42 Å². The lowest BCUT2D eigenvalue weighted by Gasteiger charge is -2.02. The van der Waals surface area contributed by atoms with Crippen molar-refractivity contribution in [3.05, 3.63) is 50.6 Å². The average molecular weight is 249 g/mol. The van der Waals surface area contributed by atoms with Crippen LogP contribution in [-0.2, 0) is 6.42 Å². The van der Waals surface area contributed by atoms with Gasteiger partial charge in [-0.15, -0.1) is 0 Å². The third kappa shape index (κ3) is 3.25. The van der Waals surface area contributed by atoms with Crippen LogP contribution in [0.5, 0.6) is 0 Å².